The summed E-state index contributed by atoms with van der Waals surface area (Å²) in [7, 11) is -2.02. The van der Waals surface area contributed by atoms with Gasteiger partial charge in [0.1, 0.15) is 4.90 Å². The Morgan fingerprint density at radius 3 is 2.70 bits per heavy atom. The molecule has 4 aromatic rings. The quantitative estimate of drug-likeness (QED) is 0.586. The van der Waals surface area contributed by atoms with Crippen LogP contribution in [0.3, 0.4) is 0 Å². The van der Waals surface area contributed by atoms with Gasteiger partial charge in [0.25, 0.3) is 10.0 Å². The summed E-state index contributed by atoms with van der Waals surface area (Å²) in [6.07, 6.45) is 2.07. The van der Waals surface area contributed by atoms with E-state index in [0.717, 1.165) is 22.3 Å². The Morgan fingerprint density at radius 2 is 1.93 bits per heavy atom. The van der Waals surface area contributed by atoms with Crippen molar-refractivity contribution < 1.29 is 8.42 Å². The molecule has 7 nitrogen and oxygen atoms in total. The Balaban J connectivity index is 1.82. The van der Waals surface area contributed by atoms with Gasteiger partial charge in [-0.05, 0) is 31.5 Å². The van der Waals surface area contributed by atoms with E-state index in [1.165, 1.54) is 6.20 Å². The fraction of sp³-hybridized carbons (Fsp3) is 0.211. The molecule has 0 saturated heterocycles. The third kappa shape index (κ3) is 3.02. The summed E-state index contributed by atoms with van der Waals surface area (Å²) in [4.78, 5) is 8.93. The first-order valence-electron chi connectivity index (χ1n) is 8.60. The van der Waals surface area contributed by atoms with Crippen molar-refractivity contribution in [3.63, 3.8) is 0 Å². The summed E-state index contributed by atoms with van der Waals surface area (Å²) in [5.74, 6) is 0. The van der Waals surface area contributed by atoms with Gasteiger partial charge in [-0.25, -0.2) is 13.4 Å². The van der Waals surface area contributed by atoms with Crippen LogP contribution >= 0.6 is 0 Å². The molecular formula is C19H19N5O2S. The Labute approximate surface area is 157 Å². The monoisotopic (exact) mass is 381 g/mol. The number of sulfonamides is 1. The van der Waals surface area contributed by atoms with Crippen molar-refractivity contribution in [3.05, 3.63) is 54.0 Å². The molecule has 3 aromatic heterocycles. The number of nitrogens with zero attached hydrogens (tertiary/aromatic N) is 4. The second-order valence-corrected chi connectivity index (χ2v) is 8.07. The van der Waals surface area contributed by atoms with Crippen LogP contribution in [0.25, 0.3) is 21.9 Å². The minimum atomic E-state index is -3.81. The highest BCUT2D eigenvalue weighted by molar-refractivity contribution is 7.92. The first-order valence-corrected chi connectivity index (χ1v) is 10.1. The van der Waals surface area contributed by atoms with Crippen LogP contribution in [0.4, 0.5) is 5.69 Å². The molecule has 0 amide bonds. The maximum absolute atomic E-state index is 13.0. The van der Waals surface area contributed by atoms with Gasteiger partial charge in [-0.15, -0.1) is 0 Å². The lowest BCUT2D eigenvalue weighted by atomic mass is 10.1. The van der Waals surface area contributed by atoms with E-state index >= 15 is 0 Å². The zero-order valence-corrected chi connectivity index (χ0v) is 16.1. The number of aryl methyl sites for hydroxylation is 3. The van der Waals surface area contributed by atoms with Crippen molar-refractivity contribution >= 4 is 37.6 Å². The Hall–Kier alpha value is -3.00. The highest BCUT2D eigenvalue weighted by Crippen LogP contribution is 2.27. The third-order valence-electron chi connectivity index (χ3n) is 4.52. The van der Waals surface area contributed by atoms with Gasteiger partial charge < -0.3 is 0 Å². The molecular weight excluding hydrogens is 362 g/mol. The van der Waals surface area contributed by atoms with Crippen molar-refractivity contribution in [2.75, 3.05) is 4.72 Å². The third-order valence-corrected chi connectivity index (χ3v) is 5.86. The van der Waals surface area contributed by atoms with E-state index in [9.17, 15) is 8.42 Å². The van der Waals surface area contributed by atoms with E-state index in [4.69, 9.17) is 0 Å². The fourth-order valence-electron chi connectivity index (χ4n) is 3.14. The van der Waals surface area contributed by atoms with Gasteiger partial charge in [0.15, 0.2) is 5.65 Å². The fourth-order valence-corrected chi connectivity index (χ4v) is 4.18. The maximum atomic E-state index is 13.0. The van der Waals surface area contributed by atoms with Gasteiger partial charge in [-0.3, -0.25) is 14.4 Å². The number of rotatable bonds is 4. The molecule has 0 saturated carbocycles. The van der Waals surface area contributed by atoms with E-state index in [2.05, 4.69) is 19.8 Å². The summed E-state index contributed by atoms with van der Waals surface area (Å²) in [6, 6.07) is 10.9. The molecule has 1 N–H and O–H groups in total. The van der Waals surface area contributed by atoms with E-state index in [0.29, 0.717) is 23.1 Å². The minimum Gasteiger partial charge on any atom is -0.279 e. The van der Waals surface area contributed by atoms with Crippen molar-refractivity contribution in [3.8, 4) is 0 Å². The molecule has 0 radical (unpaired) electrons. The standard InChI is InChI=1S/C19H19N5O2S/c1-4-13-9-18(15-7-5-6-8-17(15)21-13)23-27(25,26)14-10-16-12(2)22-24(3)19(16)20-11-14/h5-11H,4H2,1-3H3,(H,21,23). The average molecular weight is 381 g/mol. The normalized spacial score (nSPS) is 12.0. The van der Waals surface area contributed by atoms with Gasteiger partial charge in [-0.1, -0.05) is 25.1 Å². The van der Waals surface area contributed by atoms with Gasteiger partial charge >= 0.3 is 0 Å². The van der Waals surface area contributed by atoms with E-state index < -0.39 is 10.0 Å². The van der Waals surface area contributed by atoms with E-state index in [1.54, 1.807) is 23.9 Å². The first-order chi connectivity index (χ1) is 12.9. The highest BCUT2D eigenvalue weighted by atomic mass is 32.2. The van der Waals surface area contributed by atoms with Crippen LogP contribution in [-0.2, 0) is 23.5 Å². The minimum absolute atomic E-state index is 0.102. The summed E-state index contributed by atoms with van der Waals surface area (Å²) in [5.41, 5.74) is 3.48. The van der Waals surface area contributed by atoms with Crippen LogP contribution in [-0.4, -0.2) is 28.2 Å². The predicted molar refractivity (Wildman–Crippen MR) is 105 cm³/mol. The molecule has 3 heterocycles. The van der Waals surface area contributed by atoms with Gasteiger partial charge in [-0.2, -0.15) is 5.10 Å². The number of anilines is 1. The average Bonchev–Trinajstić information content (AvgIpc) is 2.95. The molecule has 4 rings (SSSR count). The topological polar surface area (TPSA) is 89.8 Å². The molecule has 8 heteroatoms. The molecule has 0 atom stereocenters. The Morgan fingerprint density at radius 1 is 1.15 bits per heavy atom. The summed E-state index contributed by atoms with van der Waals surface area (Å²) in [5, 5.41) is 5.76. The van der Waals surface area contributed by atoms with Crippen molar-refractivity contribution in [2.24, 2.45) is 7.05 Å². The van der Waals surface area contributed by atoms with E-state index in [1.807, 2.05) is 38.1 Å². The summed E-state index contributed by atoms with van der Waals surface area (Å²) >= 11 is 0. The summed E-state index contributed by atoms with van der Waals surface area (Å²) in [6.45, 7) is 3.82. The van der Waals surface area contributed by atoms with Gasteiger partial charge in [0.05, 0.1) is 16.9 Å². The number of para-hydroxylation sites is 1. The molecule has 0 spiro atoms. The molecule has 0 bridgehead atoms. The zero-order valence-electron chi connectivity index (χ0n) is 15.3. The second-order valence-electron chi connectivity index (χ2n) is 6.39. The van der Waals surface area contributed by atoms with Crippen molar-refractivity contribution in [1.29, 1.82) is 0 Å². The lowest BCUT2D eigenvalue weighted by molar-refractivity contribution is 0.601. The number of aromatic nitrogens is 4. The van der Waals surface area contributed by atoms with Crippen molar-refractivity contribution in [2.45, 2.75) is 25.2 Å². The van der Waals surface area contributed by atoms with Crippen LogP contribution in [0.5, 0.6) is 0 Å². The van der Waals surface area contributed by atoms with E-state index in [-0.39, 0.29) is 4.90 Å². The lowest BCUT2D eigenvalue weighted by Gasteiger charge is -2.12. The largest absolute Gasteiger partial charge is 0.279 e. The highest BCUT2D eigenvalue weighted by Gasteiger charge is 2.19. The lowest BCUT2D eigenvalue weighted by Crippen LogP contribution is -2.14. The van der Waals surface area contributed by atoms with Crippen LogP contribution in [0.1, 0.15) is 18.3 Å². The smallest absolute Gasteiger partial charge is 0.263 e. The molecule has 0 unspecified atom stereocenters. The molecule has 0 aliphatic rings. The number of fused-ring (bicyclic) bond motifs is 2. The molecule has 0 fully saturated rings. The predicted octanol–water partition coefficient (Wildman–Crippen LogP) is 3.19. The van der Waals surface area contributed by atoms with Gasteiger partial charge in [0.2, 0.25) is 0 Å². The molecule has 27 heavy (non-hydrogen) atoms. The number of hydrogen-bond acceptors (Lipinski definition) is 5. The summed E-state index contributed by atoms with van der Waals surface area (Å²) < 4.78 is 30.4. The Kier molecular flexibility index (Phi) is 4.07. The number of pyridine rings is 2. The zero-order chi connectivity index (χ0) is 19.2. The van der Waals surface area contributed by atoms with Crippen LogP contribution in [0.15, 0.2) is 47.5 Å². The molecule has 1 aromatic carbocycles. The first kappa shape index (κ1) is 17.4. The van der Waals surface area contributed by atoms with Gasteiger partial charge in [0, 0.05) is 29.7 Å². The SMILES string of the molecule is CCc1cc(NS(=O)(=O)c2cnc3c(c2)c(C)nn3C)c2ccccc2n1. The van der Waals surface area contributed by atoms with Crippen LogP contribution in [0.2, 0.25) is 0 Å². The van der Waals surface area contributed by atoms with Crippen molar-refractivity contribution in [1.82, 2.24) is 19.7 Å². The van der Waals surface area contributed by atoms with Crippen LogP contribution in [0, 0.1) is 6.92 Å². The molecule has 0 aliphatic heterocycles. The molecule has 0 aliphatic carbocycles. The second kappa shape index (κ2) is 6.31. The maximum Gasteiger partial charge on any atom is 0.263 e. The number of benzene rings is 1. The number of hydrogen-bond donors (Lipinski definition) is 1. The Bertz CT molecular complexity index is 1280. The number of nitrogens with one attached hydrogen (secondary N) is 1. The molecule has 138 valence electrons. The van der Waals surface area contributed by atoms with Crippen LogP contribution < -0.4 is 4.72 Å².